The van der Waals surface area contributed by atoms with Gasteiger partial charge in [-0.1, -0.05) is 25.4 Å². The summed E-state index contributed by atoms with van der Waals surface area (Å²) >= 11 is 5.77. The van der Waals surface area contributed by atoms with Crippen LogP contribution < -0.4 is 10.1 Å². The maximum atomic E-state index is 12.1. The lowest BCUT2D eigenvalue weighted by Gasteiger charge is -2.09. The van der Waals surface area contributed by atoms with Crippen LogP contribution in [0, 0.1) is 5.92 Å². The Morgan fingerprint density at radius 3 is 2.21 bits per heavy atom. The van der Waals surface area contributed by atoms with E-state index in [1.54, 1.807) is 48.5 Å². The van der Waals surface area contributed by atoms with Gasteiger partial charge in [0, 0.05) is 22.7 Å². The zero-order valence-corrected chi connectivity index (χ0v) is 16.5. The second-order valence-electron chi connectivity index (χ2n) is 6.55. The first-order valence-electron chi connectivity index (χ1n) is 8.80. The van der Waals surface area contributed by atoms with Gasteiger partial charge in [0.05, 0.1) is 0 Å². The lowest BCUT2D eigenvalue weighted by Crippen LogP contribution is -2.19. The summed E-state index contributed by atoms with van der Waals surface area (Å²) in [6, 6.07) is 13.0. The number of ketones is 1. The van der Waals surface area contributed by atoms with Gasteiger partial charge in [0.25, 0.3) is 0 Å². The molecule has 1 amide bonds. The minimum absolute atomic E-state index is 0.0799. The molecule has 0 aliphatic rings. The standard InChI is InChI=1S/C21H22ClNO5/c1-14(2)11-20(25)23-17-7-3-15(4-8-17)19(24)12-28-21(26)13-27-18-9-5-16(22)6-10-18/h3-10,14H,11-13H2,1-2H3,(H,23,25). The van der Waals surface area contributed by atoms with Crippen molar-refractivity contribution in [2.75, 3.05) is 18.5 Å². The van der Waals surface area contributed by atoms with Crippen molar-refractivity contribution in [3.63, 3.8) is 0 Å². The monoisotopic (exact) mass is 403 g/mol. The van der Waals surface area contributed by atoms with Gasteiger partial charge in [0.15, 0.2) is 19.0 Å². The summed E-state index contributed by atoms with van der Waals surface area (Å²) in [6.07, 6.45) is 0.425. The van der Waals surface area contributed by atoms with Crippen molar-refractivity contribution in [1.29, 1.82) is 0 Å². The summed E-state index contributed by atoms with van der Waals surface area (Å²) in [5, 5.41) is 3.33. The van der Waals surface area contributed by atoms with Gasteiger partial charge < -0.3 is 14.8 Å². The van der Waals surface area contributed by atoms with Gasteiger partial charge >= 0.3 is 5.97 Å². The summed E-state index contributed by atoms with van der Waals surface area (Å²) in [5.74, 6) is -0.341. The predicted molar refractivity (Wildman–Crippen MR) is 107 cm³/mol. The molecular weight excluding hydrogens is 382 g/mol. The van der Waals surface area contributed by atoms with Gasteiger partial charge in [0.2, 0.25) is 5.91 Å². The Hall–Kier alpha value is -2.86. The van der Waals surface area contributed by atoms with E-state index < -0.39 is 5.97 Å². The van der Waals surface area contributed by atoms with E-state index in [9.17, 15) is 14.4 Å². The van der Waals surface area contributed by atoms with Gasteiger partial charge in [-0.25, -0.2) is 4.79 Å². The molecule has 0 radical (unpaired) electrons. The molecule has 2 rings (SSSR count). The maximum absolute atomic E-state index is 12.1. The van der Waals surface area contributed by atoms with Crippen LogP contribution in [0.1, 0.15) is 30.6 Å². The molecule has 148 valence electrons. The molecule has 0 aromatic heterocycles. The molecule has 0 fully saturated rings. The number of ether oxygens (including phenoxy) is 2. The topological polar surface area (TPSA) is 81.7 Å². The minimum atomic E-state index is -0.652. The number of nitrogens with one attached hydrogen (secondary N) is 1. The van der Waals surface area contributed by atoms with Gasteiger partial charge in [0.1, 0.15) is 5.75 Å². The molecule has 7 heteroatoms. The van der Waals surface area contributed by atoms with Crippen molar-refractivity contribution in [2.24, 2.45) is 5.92 Å². The molecule has 0 saturated carbocycles. The van der Waals surface area contributed by atoms with Crippen molar-refractivity contribution < 1.29 is 23.9 Å². The van der Waals surface area contributed by atoms with Gasteiger partial charge in [-0.2, -0.15) is 0 Å². The third kappa shape index (κ3) is 7.40. The van der Waals surface area contributed by atoms with Gasteiger partial charge in [-0.05, 0) is 54.4 Å². The molecule has 0 atom stereocenters. The maximum Gasteiger partial charge on any atom is 0.344 e. The Balaban J connectivity index is 1.76. The zero-order valence-electron chi connectivity index (χ0n) is 15.7. The van der Waals surface area contributed by atoms with E-state index in [0.29, 0.717) is 28.4 Å². The Kier molecular flexibility index (Phi) is 8.02. The molecular formula is C21H22ClNO5. The Labute approximate surface area is 168 Å². The first-order valence-corrected chi connectivity index (χ1v) is 9.18. The second-order valence-corrected chi connectivity index (χ2v) is 6.99. The van der Waals surface area contributed by atoms with Crippen LogP contribution in [0.5, 0.6) is 5.75 Å². The smallest absolute Gasteiger partial charge is 0.344 e. The highest BCUT2D eigenvalue weighted by Crippen LogP contribution is 2.15. The summed E-state index contributed by atoms with van der Waals surface area (Å²) in [6.45, 7) is 3.23. The number of benzene rings is 2. The van der Waals surface area contributed by atoms with E-state index in [0.717, 1.165) is 0 Å². The first-order chi connectivity index (χ1) is 13.3. The molecule has 1 N–H and O–H groups in total. The fourth-order valence-electron chi connectivity index (χ4n) is 2.27. The summed E-state index contributed by atoms with van der Waals surface area (Å²) < 4.78 is 10.2. The molecule has 0 spiro atoms. The van der Waals surface area contributed by atoms with Crippen LogP contribution in [-0.2, 0) is 14.3 Å². The molecule has 0 aliphatic carbocycles. The Morgan fingerprint density at radius 2 is 1.61 bits per heavy atom. The van der Waals surface area contributed by atoms with Crippen molar-refractivity contribution >= 4 is 34.9 Å². The fourth-order valence-corrected chi connectivity index (χ4v) is 2.39. The molecule has 6 nitrogen and oxygen atoms in total. The Bertz CT molecular complexity index is 816. The third-order valence-electron chi connectivity index (χ3n) is 3.62. The van der Waals surface area contributed by atoms with Crippen LogP contribution in [-0.4, -0.2) is 30.9 Å². The number of amides is 1. The van der Waals surface area contributed by atoms with Crippen LogP contribution in [0.3, 0.4) is 0 Å². The number of carbonyl (C=O) groups is 3. The third-order valence-corrected chi connectivity index (χ3v) is 3.87. The molecule has 0 saturated heterocycles. The highest BCUT2D eigenvalue weighted by Gasteiger charge is 2.11. The number of hydrogen-bond donors (Lipinski definition) is 1. The van der Waals surface area contributed by atoms with E-state index in [1.165, 1.54) is 0 Å². The summed E-state index contributed by atoms with van der Waals surface area (Å²) in [7, 11) is 0. The van der Waals surface area contributed by atoms with E-state index in [2.05, 4.69) is 5.32 Å². The average molecular weight is 404 g/mol. The largest absolute Gasteiger partial charge is 0.482 e. The second kappa shape index (κ2) is 10.5. The number of carbonyl (C=O) groups excluding carboxylic acids is 3. The lowest BCUT2D eigenvalue weighted by atomic mass is 10.1. The molecule has 0 unspecified atom stereocenters. The van der Waals surface area contributed by atoms with E-state index in [-0.39, 0.29) is 30.8 Å². The highest BCUT2D eigenvalue weighted by molar-refractivity contribution is 6.30. The quantitative estimate of drug-likeness (QED) is 0.503. The first kappa shape index (κ1) is 21.4. The van der Waals surface area contributed by atoms with Crippen molar-refractivity contribution in [3.05, 3.63) is 59.1 Å². The molecule has 0 aliphatic heterocycles. The van der Waals surface area contributed by atoms with Crippen molar-refractivity contribution in [3.8, 4) is 5.75 Å². The number of esters is 1. The van der Waals surface area contributed by atoms with E-state index in [4.69, 9.17) is 21.1 Å². The van der Waals surface area contributed by atoms with Crippen LogP contribution >= 0.6 is 11.6 Å². The number of hydrogen-bond acceptors (Lipinski definition) is 5. The van der Waals surface area contributed by atoms with Gasteiger partial charge in [-0.15, -0.1) is 0 Å². The van der Waals surface area contributed by atoms with Crippen molar-refractivity contribution in [1.82, 2.24) is 0 Å². The summed E-state index contributed by atoms with van der Waals surface area (Å²) in [4.78, 5) is 35.6. The zero-order chi connectivity index (χ0) is 20.5. The molecule has 28 heavy (non-hydrogen) atoms. The predicted octanol–water partition coefficient (Wildman–Crippen LogP) is 4.13. The van der Waals surface area contributed by atoms with Crippen LogP contribution in [0.15, 0.2) is 48.5 Å². The number of anilines is 1. The van der Waals surface area contributed by atoms with Crippen LogP contribution in [0.4, 0.5) is 5.69 Å². The van der Waals surface area contributed by atoms with Crippen molar-refractivity contribution in [2.45, 2.75) is 20.3 Å². The number of rotatable bonds is 9. The molecule has 0 bridgehead atoms. The van der Waals surface area contributed by atoms with Crippen LogP contribution in [0.2, 0.25) is 5.02 Å². The van der Waals surface area contributed by atoms with Gasteiger partial charge in [-0.3, -0.25) is 9.59 Å². The fraction of sp³-hybridized carbons (Fsp3) is 0.286. The lowest BCUT2D eigenvalue weighted by molar-refractivity contribution is -0.144. The van der Waals surface area contributed by atoms with Crippen LogP contribution in [0.25, 0.3) is 0 Å². The minimum Gasteiger partial charge on any atom is -0.482 e. The van der Waals surface area contributed by atoms with E-state index in [1.807, 2.05) is 13.8 Å². The Morgan fingerprint density at radius 1 is 0.964 bits per heavy atom. The number of Topliss-reactive ketones (excluding diaryl/α,β-unsaturated/α-hetero) is 1. The SMILES string of the molecule is CC(C)CC(=O)Nc1ccc(C(=O)COC(=O)COc2ccc(Cl)cc2)cc1. The number of halogens is 1. The molecule has 2 aromatic rings. The average Bonchev–Trinajstić information content (AvgIpc) is 2.65. The van der Waals surface area contributed by atoms with E-state index >= 15 is 0 Å². The molecule has 2 aromatic carbocycles. The summed E-state index contributed by atoms with van der Waals surface area (Å²) in [5.41, 5.74) is 0.990. The normalized spacial score (nSPS) is 10.4. The molecule has 0 heterocycles. The highest BCUT2D eigenvalue weighted by atomic mass is 35.5.